The molecule has 1 N–H and O–H groups in total. The van der Waals surface area contributed by atoms with Gasteiger partial charge in [0, 0.05) is 11.6 Å². The highest BCUT2D eigenvalue weighted by atomic mass is 79.9. The maximum atomic E-state index is 13.0. The number of fused-ring (bicyclic) bond motifs is 1. The van der Waals surface area contributed by atoms with Crippen molar-refractivity contribution in [1.82, 2.24) is 4.98 Å². The van der Waals surface area contributed by atoms with Gasteiger partial charge in [-0.15, -0.1) is 0 Å². The van der Waals surface area contributed by atoms with Crippen LogP contribution in [-0.4, -0.2) is 4.98 Å². The molecular formula is C10H7BrFNO. The number of hydrogen-bond donors (Lipinski definition) is 1. The molecule has 0 aliphatic rings. The molecular weight excluding hydrogens is 249 g/mol. The molecule has 0 aliphatic heterocycles. The van der Waals surface area contributed by atoms with Crippen LogP contribution in [0.1, 0.15) is 5.56 Å². The number of H-pyrrole nitrogens is 1. The Kier molecular flexibility index (Phi) is 2.15. The van der Waals surface area contributed by atoms with Crippen LogP contribution in [0, 0.1) is 12.7 Å². The van der Waals surface area contributed by atoms with E-state index >= 15 is 0 Å². The minimum Gasteiger partial charge on any atom is -0.360 e. The number of pyridine rings is 1. The maximum absolute atomic E-state index is 13.0. The van der Waals surface area contributed by atoms with Crippen LogP contribution < -0.4 is 5.43 Å². The van der Waals surface area contributed by atoms with Crippen LogP contribution in [-0.2, 0) is 0 Å². The third-order valence-electron chi connectivity index (χ3n) is 2.11. The molecule has 1 aromatic carbocycles. The fraction of sp³-hybridized carbons (Fsp3) is 0.100. The molecule has 2 rings (SSSR count). The van der Waals surface area contributed by atoms with E-state index in [1.165, 1.54) is 12.1 Å². The molecule has 0 radical (unpaired) electrons. The fourth-order valence-corrected chi connectivity index (χ4v) is 1.77. The Hall–Kier alpha value is -1.16. The lowest BCUT2D eigenvalue weighted by Gasteiger charge is -2.02. The summed E-state index contributed by atoms with van der Waals surface area (Å²) in [6.45, 7) is 1.76. The molecule has 0 saturated carbocycles. The highest BCUT2D eigenvalue weighted by Gasteiger charge is 2.06. The van der Waals surface area contributed by atoms with E-state index in [1.807, 2.05) is 0 Å². The zero-order valence-electron chi connectivity index (χ0n) is 7.40. The van der Waals surface area contributed by atoms with Crippen LogP contribution >= 0.6 is 15.9 Å². The van der Waals surface area contributed by atoms with Gasteiger partial charge in [-0.1, -0.05) is 0 Å². The van der Waals surface area contributed by atoms with Crippen LogP contribution in [0.2, 0.25) is 0 Å². The lowest BCUT2D eigenvalue weighted by Crippen LogP contribution is -2.04. The summed E-state index contributed by atoms with van der Waals surface area (Å²) >= 11 is 3.10. The summed E-state index contributed by atoms with van der Waals surface area (Å²) in [6, 6.07) is 2.64. The molecule has 0 spiro atoms. The highest BCUT2D eigenvalue weighted by Crippen LogP contribution is 2.16. The summed E-state index contributed by atoms with van der Waals surface area (Å²) in [6.07, 6.45) is 1.57. The second kappa shape index (κ2) is 3.20. The Labute approximate surface area is 87.9 Å². The first-order valence-corrected chi connectivity index (χ1v) is 4.86. The average molecular weight is 256 g/mol. The van der Waals surface area contributed by atoms with Crippen LogP contribution in [0.25, 0.3) is 10.9 Å². The minimum atomic E-state index is -0.390. The van der Waals surface area contributed by atoms with Crippen molar-refractivity contribution >= 4 is 26.8 Å². The normalized spacial score (nSPS) is 10.8. The molecule has 1 heterocycles. The Morgan fingerprint density at radius 1 is 1.43 bits per heavy atom. The van der Waals surface area contributed by atoms with Gasteiger partial charge >= 0.3 is 0 Å². The summed E-state index contributed by atoms with van der Waals surface area (Å²) < 4.78 is 13.5. The lowest BCUT2D eigenvalue weighted by molar-refractivity contribution is 0.628. The zero-order chi connectivity index (χ0) is 10.3. The topological polar surface area (TPSA) is 32.9 Å². The van der Waals surface area contributed by atoms with Gasteiger partial charge in [-0.3, -0.25) is 4.79 Å². The van der Waals surface area contributed by atoms with Gasteiger partial charge in [-0.25, -0.2) is 4.39 Å². The number of hydrogen-bond acceptors (Lipinski definition) is 1. The van der Waals surface area contributed by atoms with Gasteiger partial charge in [-0.2, -0.15) is 0 Å². The van der Waals surface area contributed by atoms with Crippen LogP contribution in [0.4, 0.5) is 4.39 Å². The maximum Gasteiger partial charge on any atom is 0.203 e. The molecule has 0 atom stereocenters. The standard InChI is InChI=1S/C10H7BrFNO/c1-5-2-6(12)3-7-9(5)13-4-8(11)10(7)14/h2-4H,1H3,(H,13,14). The van der Waals surface area contributed by atoms with Gasteiger partial charge in [0.15, 0.2) is 0 Å². The number of nitrogens with one attached hydrogen (secondary N) is 1. The molecule has 0 saturated heterocycles. The molecule has 0 amide bonds. The Morgan fingerprint density at radius 2 is 2.14 bits per heavy atom. The summed E-state index contributed by atoms with van der Waals surface area (Å²) in [7, 11) is 0. The summed E-state index contributed by atoms with van der Waals surface area (Å²) in [5.74, 6) is -0.390. The van der Waals surface area contributed by atoms with Crippen molar-refractivity contribution in [3.05, 3.63) is 44.4 Å². The predicted molar refractivity (Wildman–Crippen MR) is 57.0 cm³/mol. The Balaban J connectivity index is 3.03. The fourth-order valence-electron chi connectivity index (χ4n) is 1.44. The summed E-state index contributed by atoms with van der Waals surface area (Å²) in [5.41, 5.74) is 1.21. The molecule has 2 aromatic rings. The van der Waals surface area contributed by atoms with E-state index in [1.54, 1.807) is 13.1 Å². The first kappa shape index (κ1) is 9.40. The SMILES string of the molecule is Cc1cc(F)cc2c(=O)c(Br)c[nH]c12. The smallest absolute Gasteiger partial charge is 0.203 e. The van der Waals surface area contributed by atoms with Gasteiger partial charge < -0.3 is 4.98 Å². The number of halogens is 2. The number of aromatic nitrogens is 1. The molecule has 0 aliphatic carbocycles. The molecule has 0 fully saturated rings. The van der Waals surface area contributed by atoms with Crippen LogP contribution in [0.3, 0.4) is 0 Å². The number of rotatable bonds is 0. The van der Waals surface area contributed by atoms with Crippen molar-refractivity contribution in [3.63, 3.8) is 0 Å². The molecule has 14 heavy (non-hydrogen) atoms. The Bertz CT molecular complexity index is 562. The number of aryl methyl sites for hydroxylation is 1. The van der Waals surface area contributed by atoms with E-state index in [0.29, 0.717) is 15.4 Å². The number of benzene rings is 1. The third-order valence-corrected chi connectivity index (χ3v) is 2.69. The van der Waals surface area contributed by atoms with Crippen molar-refractivity contribution in [2.24, 2.45) is 0 Å². The van der Waals surface area contributed by atoms with E-state index in [-0.39, 0.29) is 5.43 Å². The number of aromatic amines is 1. The van der Waals surface area contributed by atoms with Gasteiger partial charge in [0.2, 0.25) is 5.43 Å². The lowest BCUT2D eigenvalue weighted by atomic mass is 10.1. The van der Waals surface area contributed by atoms with Crippen molar-refractivity contribution in [2.45, 2.75) is 6.92 Å². The molecule has 1 aromatic heterocycles. The minimum absolute atomic E-state index is 0.193. The molecule has 4 heteroatoms. The van der Waals surface area contributed by atoms with Crippen molar-refractivity contribution < 1.29 is 4.39 Å². The molecule has 0 bridgehead atoms. The van der Waals surface area contributed by atoms with Crippen molar-refractivity contribution in [1.29, 1.82) is 0 Å². The predicted octanol–water partition coefficient (Wildman–Crippen LogP) is 2.74. The summed E-state index contributed by atoms with van der Waals surface area (Å²) in [5, 5.41) is 0.372. The highest BCUT2D eigenvalue weighted by molar-refractivity contribution is 9.10. The van der Waals surface area contributed by atoms with Crippen molar-refractivity contribution in [2.75, 3.05) is 0 Å². The zero-order valence-corrected chi connectivity index (χ0v) is 8.98. The van der Waals surface area contributed by atoms with Crippen LogP contribution in [0.15, 0.2) is 27.6 Å². The van der Waals surface area contributed by atoms with E-state index < -0.39 is 5.82 Å². The first-order valence-electron chi connectivity index (χ1n) is 4.06. The van der Waals surface area contributed by atoms with Crippen molar-refractivity contribution in [3.8, 4) is 0 Å². The largest absolute Gasteiger partial charge is 0.360 e. The monoisotopic (exact) mass is 255 g/mol. The van der Waals surface area contributed by atoms with Gasteiger partial charge in [-0.05, 0) is 40.5 Å². The molecule has 2 nitrogen and oxygen atoms in total. The van der Waals surface area contributed by atoms with Gasteiger partial charge in [0.25, 0.3) is 0 Å². The Morgan fingerprint density at radius 3 is 2.86 bits per heavy atom. The summed E-state index contributed by atoms with van der Waals surface area (Å²) in [4.78, 5) is 14.5. The first-order chi connectivity index (χ1) is 6.59. The average Bonchev–Trinajstić information content (AvgIpc) is 2.12. The van der Waals surface area contributed by atoms with E-state index in [2.05, 4.69) is 20.9 Å². The quantitative estimate of drug-likeness (QED) is 0.772. The third kappa shape index (κ3) is 1.35. The van der Waals surface area contributed by atoms with E-state index in [0.717, 1.165) is 5.56 Å². The van der Waals surface area contributed by atoms with Gasteiger partial charge in [0.05, 0.1) is 9.99 Å². The molecule has 0 unspecified atom stereocenters. The second-order valence-electron chi connectivity index (χ2n) is 3.11. The van der Waals surface area contributed by atoms with E-state index in [9.17, 15) is 9.18 Å². The van der Waals surface area contributed by atoms with E-state index in [4.69, 9.17) is 0 Å². The van der Waals surface area contributed by atoms with Crippen LogP contribution in [0.5, 0.6) is 0 Å². The van der Waals surface area contributed by atoms with Gasteiger partial charge in [0.1, 0.15) is 5.82 Å². The second-order valence-corrected chi connectivity index (χ2v) is 3.97. The molecule has 72 valence electrons.